The molecule has 504 valence electrons. The maximum absolute atomic E-state index is 13.0. The summed E-state index contributed by atoms with van der Waals surface area (Å²) >= 11 is 0. The fourth-order valence-electron chi connectivity index (χ4n) is 9.78. The lowest BCUT2D eigenvalue weighted by Crippen LogP contribution is -2.30. The SMILES string of the molecule is CC(C)CCCCCCCCCCCCCCC(=O)O[C@H](COC(=O)CCCCCCCCC(C)C)COP(=O)(O)OCC(O)COP(=O)(O)OC[C@@H](COC(=O)CCCCCCCCCC(C)C)OC(=O)CCCCCCCCCCC(C)C. The Hall–Kier alpha value is -1.94. The Labute approximate surface area is 517 Å². The third-order valence-electron chi connectivity index (χ3n) is 15.1. The van der Waals surface area contributed by atoms with E-state index in [0.29, 0.717) is 37.5 Å². The van der Waals surface area contributed by atoms with E-state index in [1.807, 2.05) is 0 Å². The summed E-state index contributed by atoms with van der Waals surface area (Å²) in [4.78, 5) is 72.3. The van der Waals surface area contributed by atoms with Gasteiger partial charge in [-0.2, -0.15) is 0 Å². The van der Waals surface area contributed by atoms with Crippen LogP contribution >= 0.6 is 15.6 Å². The lowest BCUT2D eigenvalue weighted by molar-refractivity contribution is -0.161. The van der Waals surface area contributed by atoms with Gasteiger partial charge in [0, 0.05) is 25.7 Å². The number of phosphoric ester groups is 2. The smallest absolute Gasteiger partial charge is 0.462 e. The van der Waals surface area contributed by atoms with E-state index in [1.54, 1.807) is 0 Å². The first-order valence-electron chi connectivity index (χ1n) is 34.2. The summed E-state index contributed by atoms with van der Waals surface area (Å²) in [6.45, 7) is 13.9. The maximum Gasteiger partial charge on any atom is 0.472 e. The molecule has 0 aliphatic rings. The van der Waals surface area contributed by atoms with Crippen LogP contribution in [-0.2, 0) is 65.4 Å². The highest BCUT2D eigenvalue weighted by molar-refractivity contribution is 7.47. The number of carbonyl (C=O) groups excluding carboxylic acids is 4. The molecule has 0 radical (unpaired) electrons. The fourth-order valence-corrected chi connectivity index (χ4v) is 11.4. The van der Waals surface area contributed by atoms with E-state index >= 15 is 0 Å². The molecule has 5 atom stereocenters. The Bertz CT molecular complexity index is 1700. The Morgan fingerprint density at radius 3 is 0.729 bits per heavy atom. The molecule has 0 aliphatic carbocycles. The number of rotatable bonds is 63. The largest absolute Gasteiger partial charge is 0.472 e. The van der Waals surface area contributed by atoms with Crippen molar-refractivity contribution in [1.29, 1.82) is 0 Å². The zero-order chi connectivity index (χ0) is 63.2. The minimum absolute atomic E-state index is 0.103. The summed E-state index contributed by atoms with van der Waals surface area (Å²) in [5.41, 5.74) is 0. The summed E-state index contributed by atoms with van der Waals surface area (Å²) in [7, 11) is -9.89. The van der Waals surface area contributed by atoms with Crippen LogP contribution in [0.5, 0.6) is 0 Å². The van der Waals surface area contributed by atoms with Crippen molar-refractivity contribution in [2.45, 2.75) is 337 Å². The van der Waals surface area contributed by atoms with Crippen molar-refractivity contribution in [3.8, 4) is 0 Å². The number of hydrogen-bond donors (Lipinski definition) is 3. The second kappa shape index (κ2) is 56.1. The predicted molar refractivity (Wildman–Crippen MR) is 340 cm³/mol. The van der Waals surface area contributed by atoms with Gasteiger partial charge in [0.2, 0.25) is 0 Å². The average molecular weight is 1260 g/mol. The second-order valence-electron chi connectivity index (χ2n) is 25.8. The molecular formula is C66H128O17P2. The number of hydrogen-bond acceptors (Lipinski definition) is 15. The molecule has 19 heteroatoms. The highest BCUT2D eigenvalue weighted by Crippen LogP contribution is 2.45. The Balaban J connectivity index is 5.23. The third kappa shape index (κ3) is 60.7. The molecule has 0 aromatic heterocycles. The zero-order valence-electron chi connectivity index (χ0n) is 55.2. The molecule has 0 amide bonds. The van der Waals surface area contributed by atoms with Crippen LogP contribution in [0.2, 0.25) is 0 Å². The molecular weight excluding hydrogens is 1130 g/mol. The molecule has 0 heterocycles. The number of aliphatic hydroxyl groups is 1. The Morgan fingerprint density at radius 1 is 0.294 bits per heavy atom. The molecule has 3 unspecified atom stereocenters. The van der Waals surface area contributed by atoms with Gasteiger partial charge in [-0.15, -0.1) is 0 Å². The first kappa shape index (κ1) is 83.1. The van der Waals surface area contributed by atoms with Crippen LogP contribution < -0.4 is 0 Å². The van der Waals surface area contributed by atoms with Crippen LogP contribution in [0.15, 0.2) is 0 Å². The monoisotopic (exact) mass is 1250 g/mol. The normalized spacial score (nSPS) is 14.4. The van der Waals surface area contributed by atoms with Crippen molar-refractivity contribution in [3.05, 3.63) is 0 Å². The molecule has 0 saturated heterocycles. The number of aliphatic hydroxyl groups excluding tert-OH is 1. The third-order valence-corrected chi connectivity index (χ3v) is 17.0. The standard InChI is InChI=1S/C66H128O17P2/c1-56(2)42-34-26-18-13-11-9-10-12-14-21-32-40-48-65(70)82-62(53-77-64(69)47-39-31-25-24-29-37-45-59(7)8)55-81-85(74,75)79-51-60(67)50-78-84(72,73)80-54-61(52-76-63(68)46-38-30-23-17-20-28-36-44-58(5)6)83-66(71)49-41-33-22-16-15-19-27-35-43-57(3)4/h56-62,67H,9-55H2,1-8H3,(H,72,73)(H,74,75)/t60?,61-,62-/m1/s1. The molecule has 17 nitrogen and oxygen atoms in total. The van der Waals surface area contributed by atoms with Gasteiger partial charge in [0.1, 0.15) is 19.3 Å². The van der Waals surface area contributed by atoms with E-state index < -0.39 is 97.5 Å². The van der Waals surface area contributed by atoms with Gasteiger partial charge in [0.25, 0.3) is 0 Å². The predicted octanol–water partition coefficient (Wildman–Crippen LogP) is 18.1. The first-order chi connectivity index (χ1) is 40.6. The fraction of sp³-hybridized carbons (Fsp3) is 0.939. The molecule has 0 aromatic rings. The van der Waals surface area contributed by atoms with Crippen molar-refractivity contribution in [3.63, 3.8) is 0 Å². The minimum Gasteiger partial charge on any atom is -0.462 e. The summed E-state index contributed by atoms with van der Waals surface area (Å²) in [6, 6.07) is 0. The minimum atomic E-state index is -4.95. The summed E-state index contributed by atoms with van der Waals surface area (Å²) in [5, 5.41) is 10.5. The summed E-state index contributed by atoms with van der Waals surface area (Å²) in [5.74, 6) is 0.741. The quantitative estimate of drug-likeness (QED) is 0.0222. The average Bonchev–Trinajstić information content (AvgIpc) is 3.56. The van der Waals surface area contributed by atoms with Crippen LogP contribution in [0.3, 0.4) is 0 Å². The maximum atomic E-state index is 13.0. The molecule has 0 fully saturated rings. The van der Waals surface area contributed by atoms with Crippen LogP contribution in [0.25, 0.3) is 0 Å². The highest BCUT2D eigenvalue weighted by Gasteiger charge is 2.30. The van der Waals surface area contributed by atoms with Gasteiger partial charge in [-0.05, 0) is 49.4 Å². The molecule has 0 saturated carbocycles. The number of ether oxygens (including phenoxy) is 4. The van der Waals surface area contributed by atoms with E-state index in [0.717, 1.165) is 115 Å². The van der Waals surface area contributed by atoms with Gasteiger partial charge in [0.05, 0.1) is 26.4 Å². The van der Waals surface area contributed by atoms with Crippen molar-refractivity contribution >= 4 is 39.5 Å². The Morgan fingerprint density at radius 2 is 0.494 bits per heavy atom. The van der Waals surface area contributed by atoms with Gasteiger partial charge in [-0.3, -0.25) is 37.3 Å². The van der Waals surface area contributed by atoms with E-state index in [2.05, 4.69) is 55.4 Å². The summed E-state index contributed by atoms with van der Waals surface area (Å²) < 4.78 is 68.0. The van der Waals surface area contributed by atoms with Crippen LogP contribution in [0.4, 0.5) is 0 Å². The van der Waals surface area contributed by atoms with Crippen molar-refractivity contribution < 1.29 is 80.2 Å². The topological polar surface area (TPSA) is 237 Å². The summed E-state index contributed by atoms with van der Waals surface area (Å²) in [6.07, 6.45) is 36.5. The molecule has 0 aliphatic heterocycles. The number of carbonyl (C=O) groups is 4. The number of esters is 4. The van der Waals surface area contributed by atoms with E-state index in [9.17, 15) is 43.2 Å². The number of phosphoric acid groups is 2. The first-order valence-corrected chi connectivity index (χ1v) is 37.2. The Kier molecular flexibility index (Phi) is 54.8. The molecule has 0 aromatic carbocycles. The lowest BCUT2D eigenvalue weighted by atomic mass is 10.0. The van der Waals surface area contributed by atoms with Gasteiger partial charge in [0.15, 0.2) is 12.2 Å². The molecule has 0 bridgehead atoms. The van der Waals surface area contributed by atoms with Gasteiger partial charge >= 0.3 is 39.5 Å². The van der Waals surface area contributed by atoms with Gasteiger partial charge in [-0.1, -0.05) is 267 Å². The van der Waals surface area contributed by atoms with E-state index in [1.165, 1.54) is 109 Å². The zero-order valence-corrected chi connectivity index (χ0v) is 57.0. The van der Waals surface area contributed by atoms with Crippen LogP contribution in [-0.4, -0.2) is 96.7 Å². The second-order valence-corrected chi connectivity index (χ2v) is 28.7. The van der Waals surface area contributed by atoms with Crippen molar-refractivity contribution in [2.75, 3.05) is 39.6 Å². The van der Waals surface area contributed by atoms with Gasteiger partial charge < -0.3 is 33.8 Å². The molecule has 0 rings (SSSR count). The van der Waals surface area contributed by atoms with E-state index in [4.69, 9.17) is 37.0 Å². The van der Waals surface area contributed by atoms with Crippen LogP contribution in [0, 0.1) is 23.7 Å². The highest BCUT2D eigenvalue weighted by atomic mass is 31.2. The van der Waals surface area contributed by atoms with Crippen molar-refractivity contribution in [2.24, 2.45) is 23.7 Å². The van der Waals surface area contributed by atoms with Crippen molar-refractivity contribution in [1.82, 2.24) is 0 Å². The molecule has 0 spiro atoms. The van der Waals surface area contributed by atoms with Gasteiger partial charge in [-0.25, -0.2) is 9.13 Å². The number of unbranched alkanes of at least 4 members (excludes halogenated alkanes) is 29. The lowest BCUT2D eigenvalue weighted by Gasteiger charge is -2.21. The van der Waals surface area contributed by atoms with E-state index in [-0.39, 0.29) is 25.7 Å². The molecule has 3 N–H and O–H groups in total. The van der Waals surface area contributed by atoms with Crippen LogP contribution in [0.1, 0.15) is 319 Å². The molecule has 85 heavy (non-hydrogen) atoms.